The third-order valence-corrected chi connectivity index (χ3v) is 2.64. The largest absolute Gasteiger partial charge is 0.385 e. The molecule has 0 fully saturated rings. The maximum atomic E-state index is 10.6. The van der Waals surface area contributed by atoms with Gasteiger partial charge in [0.15, 0.2) is 0 Å². The highest BCUT2D eigenvalue weighted by Crippen LogP contribution is 2.16. The molecule has 0 aliphatic heterocycles. The van der Waals surface area contributed by atoms with Crippen molar-refractivity contribution in [3.63, 3.8) is 0 Å². The minimum atomic E-state index is -0.387. The quantitative estimate of drug-likeness (QED) is 0.646. The summed E-state index contributed by atoms with van der Waals surface area (Å²) in [6.07, 6.45) is 0.892. The van der Waals surface area contributed by atoms with Gasteiger partial charge in [-0.05, 0) is 18.1 Å². The molecule has 92 valence electrons. The Kier molecular flexibility index (Phi) is 3.91. The van der Waals surface area contributed by atoms with Gasteiger partial charge in [-0.3, -0.25) is 10.1 Å². The van der Waals surface area contributed by atoms with Crippen molar-refractivity contribution < 1.29 is 4.92 Å². The van der Waals surface area contributed by atoms with Crippen molar-refractivity contribution in [3.8, 4) is 0 Å². The Labute approximate surface area is 105 Å². The second kappa shape index (κ2) is 5.82. The van der Waals surface area contributed by atoms with Crippen molar-refractivity contribution in [1.82, 2.24) is 0 Å². The van der Waals surface area contributed by atoms with Gasteiger partial charge in [0, 0.05) is 24.4 Å². The van der Waals surface area contributed by atoms with Gasteiger partial charge in [-0.15, -0.1) is 0 Å². The van der Waals surface area contributed by atoms with Crippen molar-refractivity contribution in [2.24, 2.45) is 0 Å². The second-order valence-electron chi connectivity index (χ2n) is 3.97. The highest BCUT2D eigenvalue weighted by molar-refractivity contribution is 5.50. The molecule has 1 N–H and O–H groups in total. The van der Waals surface area contributed by atoms with E-state index in [9.17, 15) is 10.1 Å². The highest BCUT2D eigenvalue weighted by Gasteiger charge is 2.04. The fourth-order valence-corrected chi connectivity index (χ4v) is 1.73. The summed E-state index contributed by atoms with van der Waals surface area (Å²) in [7, 11) is 0. The van der Waals surface area contributed by atoms with Crippen molar-refractivity contribution in [1.29, 1.82) is 0 Å². The maximum Gasteiger partial charge on any atom is 0.271 e. The van der Waals surface area contributed by atoms with Crippen molar-refractivity contribution in [2.75, 3.05) is 11.9 Å². The van der Waals surface area contributed by atoms with Crippen molar-refractivity contribution in [2.45, 2.75) is 6.42 Å². The number of rotatable bonds is 5. The third kappa shape index (κ3) is 3.31. The van der Waals surface area contributed by atoms with Gasteiger partial charge in [0.05, 0.1) is 4.92 Å². The molecular weight excluding hydrogens is 228 g/mol. The van der Waals surface area contributed by atoms with E-state index in [1.165, 1.54) is 11.6 Å². The number of non-ortho nitro benzene ring substituents is 1. The molecule has 0 saturated carbocycles. The Morgan fingerprint density at radius 3 is 2.56 bits per heavy atom. The number of benzene rings is 2. The fraction of sp³-hybridized carbons (Fsp3) is 0.143. The third-order valence-electron chi connectivity index (χ3n) is 2.64. The van der Waals surface area contributed by atoms with Crippen LogP contribution >= 0.6 is 0 Å². The van der Waals surface area contributed by atoms with Gasteiger partial charge >= 0.3 is 0 Å². The van der Waals surface area contributed by atoms with E-state index in [4.69, 9.17) is 0 Å². The lowest BCUT2D eigenvalue weighted by Gasteiger charge is -2.06. The maximum absolute atomic E-state index is 10.6. The van der Waals surface area contributed by atoms with E-state index in [2.05, 4.69) is 17.4 Å². The van der Waals surface area contributed by atoms with Crippen LogP contribution in [-0.2, 0) is 6.42 Å². The van der Waals surface area contributed by atoms with E-state index < -0.39 is 0 Å². The summed E-state index contributed by atoms with van der Waals surface area (Å²) in [4.78, 5) is 10.2. The predicted octanol–water partition coefficient (Wildman–Crippen LogP) is 3.25. The van der Waals surface area contributed by atoms with E-state index in [0.29, 0.717) is 0 Å². The normalized spacial score (nSPS) is 10.0. The van der Waals surface area contributed by atoms with Crippen molar-refractivity contribution >= 4 is 11.4 Å². The molecule has 4 heteroatoms. The Balaban J connectivity index is 1.90. The summed E-state index contributed by atoms with van der Waals surface area (Å²) in [6, 6.07) is 16.7. The molecule has 0 atom stereocenters. The first kappa shape index (κ1) is 12.1. The summed E-state index contributed by atoms with van der Waals surface area (Å²) >= 11 is 0. The number of nitro groups is 1. The summed E-state index contributed by atoms with van der Waals surface area (Å²) in [5, 5.41) is 13.8. The molecule has 2 aromatic rings. The van der Waals surface area contributed by atoms with Crippen LogP contribution in [0.3, 0.4) is 0 Å². The minimum Gasteiger partial charge on any atom is -0.385 e. The molecule has 0 amide bonds. The van der Waals surface area contributed by atoms with Crippen LogP contribution in [0, 0.1) is 10.1 Å². The molecular formula is C14H14N2O2. The molecule has 0 heterocycles. The van der Waals surface area contributed by atoms with Crippen LogP contribution in [0.4, 0.5) is 11.4 Å². The van der Waals surface area contributed by atoms with Crippen LogP contribution in [0.5, 0.6) is 0 Å². The summed E-state index contributed by atoms with van der Waals surface area (Å²) in [5.74, 6) is 0. The smallest absolute Gasteiger partial charge is 0.271 e. The number of nitrogens with one attached hydrogen (secondary N) is 1. The Morgan fingerprint density at radius 2 is 1.83 bits per heavy atom. The summed E-state index contributed by atoms with van der Waals surface area (Å²) in [6.45, 7) is 0.755. The molecule has 0 saturated heterocycles. The molecule has 18 heavy (non-hydrogen) atoms. The van der Waals surface area contributed by atoms with E-state index in [1.54, 1.807) is 12.1 Å². The van der Waals surface area contributed by atoms with Gasteiger partial charge in [-0.25, -0.2) is 0 Å². The van der Waals surface area contributed by atoms with Gasteiger partial charge in [-0.1, -0.05) is 36.4 Å². The number of nitrogens with zero attached hydrogens (tertiary/aromatic N) is 1. The monoisotopic (exact) mass is 242 g/mol. The number of hydrogen-bond donors (Lipinski definition) is 1. The molecule has 0 unspecified atom stereocenters. The molecule has 2 rings (SSSR count). The first-order valence-electron chi connectivity index (χ1n) is 5.78. The van der Waals surface area contributed by atoms with Gasteiger partial charge in [0.25, 0.3) is 5.69 Å². The Morgan fingerprint density at radius 1 is 1.06 bits per heavy atom. The minimum absolute atomic E-state index is 0.111. The predicted molar refractivity (Wildman–Crippen MR) is 71.7 cm³/mol. The van der Waals surface area contributed by atoms with Gasteiger partial charge in [-0.2, -0.15) is 0 Å². The van der Waals surface area contributed by atoms with Crippen LogP contribution in [0.2, 0.25) is 0 Å². The number of hydrogen-bond acceptors (Lipinski definition) is 3. The standard InChI is InChI=1S/C14H14N2O2/c17-16(18)14-8-4-7-13(11-14)15-10-9-12-5-2-1-3-6-12/h1-8,11,15H,9-10H2. The Bertz CT molecular complexity index is 526. The van der Waals surface area contributed by atoms with Gasteiger partial charge in [0.1, 0.15) is 0 Å². The molecule has 0 bridgehead atoms. The average molecular weight is 242 g/mol. The van der Waals surface area contributed by atoms with Crippen LogP contribution in [0.15, 0.2) is 54.6 Å². The van der Waals surface area contributed by atoms with Crippen LogP contribution in [0.25, 0.3) is 0 Å². The van der Waals surface area contributed by atoms with E-state index >= 15 is 0 Å². The number of anilines is 1. The zero-order chi connectivity index (χ0) is 12.8. The second-order valence-corrected chi connectivity index (χ2v) is 3.97. The molecule has 0 spiro atoms. The van der Waals surface area contributed by atoms with Gasteiger partial charge < -0.3 is 5.32 Å². The van der Waals surface area contributed by atoms with Crippen LogP contribution in [0.1, 0.15) is 5.56 Å². The lowest BCUT2D eigenvalue weighted by molar-refractivity contribution is -0.384. The lowest BCUT2D eigenvalue weighted by atomic mass is 10.1. The van der Waals surface area contributed by atoms with E-state index in [1.807, 2.05) is 24.3 Å². The van der Waals surface area contributed by atoms with Crippen LogP contribution < -0.4 is 5.32 Å². The first-order valence-corrected chi connectivity index (χ1v) is 5.78. The summed E-state index contributed by atoms with van der Waals surface area (Å²) in [5.41, 5.74) is 2.13. The topological polar surface area (TPSA) is 55.2 Å². The Hall–Kier alpha value is -2.36. The van der Waals surface area contributed by atoms with Gasteiger partial charge in [0.2, 0.25) is 0 Å². The lowest BCUT2D eigenvalue weighted by Crippen LogP contribution is -2.04. The SMILES string of the molecule is O=[N+]([O-])c1cccc(NCCc2ccccc2)c1. The molecule has 4 nitrogen and oxygen atoms in total. The number of nitro benzene ring substituents is 1. The molecule has 0 aromatic heterocycles. The zero-order valence-corrected chi connectivity index (χ0v) is 9.87. The molecule has 0 radical (unpaired) electrons. The molecule has 0 aliphatic carbocycles. The zero-order valence-electron chi connectivity index (χ0n) is 9.87. The highest BCUT2D eigenvalue weighted by atomic mass is 16.6. The first-order chi connectivity index (χ1) is 8.75. The fourth-order valence-electron chi connectivity index (χ4n) is 1.73. The average Bonchev–Trinajstić information content (AvgIpc) is 2.40. The van der Waals surface area contributed by atoms with Crippen molar-refractivity contribution in [3.05, 3.63) is 70.3 Å². The summed E-state index contributed by atoms with van der Waals surface area (Å²) < 4.78 is 0. The van der Waals surface area contributed by atoms with E-state index in [-0.39, 0.29) is 10.6 Å². The molecule has 2 aromatic carbocycles. The van der Waals surface area contributed by atoms with E-state index in [0.717, 1.165) is 18.7 Å². The molecule has 0 aliphatic rings. The van der Waals surface area contributed by atoms with Crippen LogP contribution in [-0.4, -0.2) is 11.5 Å².